The van der Waals surface area contributed by atoms with Crippen LogP contribution < -0.4 is 10.6 Å². The number of benzene rings is 1. The number of amides is 2. The highest BCUT2D eigenvalue weighted by atomic mass is 32.2. The lowest BCUT2D eigenvalue weighted by atomic mass is 10.0. The molecule has 3 rings (SSSR count). The van der Waals surface area contributed by atoms with Crippen LogP contribution in [-0.4, -0.2) is 115 Å². The Balaban J connectivity index is 1.59. The van der Waals surface area contributed by atoms with Crippen LogP contribution in [0.5, 0.6) is 0 Å². The number of Topliss-reactive ketones (excluding diaryl/α,β-unsaturated/α-hetero) is 4. The van der Waals surface area contributed by atoms with Crippen LogP contribution in [0, 0.1) is 11.8 Å². The first kappa shape index (κ1) is 31.2. The van der Waals surface area contributed by atoms with Gasteiger partial charge in [-0.3, -0.25) is 28.8 Å². The second-order valence-corrected chi connectivity index (χ2v) is 13.9. The molecule has 1 aromatic rings. The second-order valence-electron chi connectivity index (χ2n) is 9.33. The Labute approximate surface area is 230 Å². The molecule has 0 heterocycles. The molecule has 16 heteroatoms. The van der Waals surface area contributed by atoms with Gasteiger partial charge in [-0.15, -0.1) is 0 Å². The first-order chi connectivity index (χ1) is 18.6. The number of sulfone groups is 2. The molecule has 2 N–H and O–H groups in total. The van der Waals surface area contributed by atoms with Gasteiger partial charge in [0.2, 0.25) is 11.8 Å². The van der Waals surface area contributed by atoms with Crippen LogP contribution in [0.4, 0.5) is 0 Å². The zero-order valence-electron chi connectivity index (χ0n) is 21.7. The maximum Gasteiger partial charge on any atom is 0.239 e. The number of fused-ring (bicyclic) bond motifs is 2. The van der Waals surface area contributed by atoms with Gasteiger partial charge in [0.1, 0.15) is 19.7 Å². The number of carbonyl (C=O) groups excluding carboxylic acids is 6. The number of carbonyl (C=O) groups is 6. The molecule has 0 saturated carbocycles. The lowest BCUT2D eigenvalue weighted by Gasteiger charge is -2.09. The van der Waals surface area contributed by atoms with E-state index in [1.807, 2.05) is 0 Å². The van der Waals surface area contributed by atoms with Crippen LogP contribution in [0.15, 0.2) is 12.1 Å². The lowest BCUT2D eigenvalue weighted by molar-refractivity contribution is -0.123. The van der Waals surface area contributed by atoms with Crippen LogP contribution in [-0.2, 0) is 38.7 Å². The van der Waals surface area contributed by atoms with Gasteiger partial charge in [-0.1, -0.05) is 0 Å². The normalized spacial score (nSPS) is 15.8. The van der Waals surface area contributed by atoms with Crippen molar-refractivity contribution in [1.82, 2.24) is 10.6 Å². The van der Waals surface area contributed by atoms with E-state index in [4.69, 9.17) is 9.47 Å². The van der Waals surface area contributed by atoms with Crippen molar-refractivity contribution in [3.05, 3.63) is 34.4 Å². The average molecular weight is 601 g/mol. The summed E-state index contributed by atoms with van der Waals surface area (Å²) in [5.74, 6) is -9.13. The quantitative estimate of drug-likeness (QED) is 0.176. The van der Waals surface area contributed by atoms with Gasteiger partial charge in [0.05, 0.1) is 37.9 Å². The molecular formula is C24H28N2O12S2. The third kappa shape index (κ3) is 7.44. The largest absolute Gasteiger partial charge is 0.379 e. The molecule has 2 amide bonds. The lowest BCUT2D eigenvalue weighted by Crippen LogP contribution is -2.38. The molecule has 0 saturated heterocycles. The van der Waals surface area contributed by atoms with Crippen LogP contribution >= 0.6 is 0 Å². The Bertz CT molecular complexity index is 1320. The highest BCUT2D eigenvalue weighted by molar-refractivity contribution is 7.90. The Morgan fingerprint density at radius 2 is 0.925 bits per heavy atom. The zero-order valence-corrected chi connectivity index (χ0v) is 23.3. The van der Waals surface area contributed by atoms with Crippen LogP contribution in [0.3, 0.4) is 0 Å². The second kappa shape index (κ2) is 12.4. The molecule has 0 atom stereocenters. The summed E-state index contributed by atoms with van der Waals surface area (Å²) in [4.78, 5) is 76.6. The minimum atomic E-state index is -3.21. The van der Waals surface area contributed by atoms with Crippen molar-refractivity contribution < 1.29 is 55.1 Å². The number of rotatable bonds is 14. The van der Waals surface area contributed by atoms with Crippen LogP contribution in [0.2, 0.25) is 0 Å². The summed E-state index contributed by atoms with van der Waals surface area (Å²) in [6.07, 6.45) is 2.09. The smallest absolute Gasteiger partial charge is 0.239 e. The molecule has 0 radical (unpaired) electrons. The Hall–Kier alpha value is -3.34. The number of hydrogen-bond acceptors (Lipinski definition) is 12. The molecule has 218 valence electrons. The average Bonchev–Trinajstić information content (AvgIpc) is 3.24. The number of ketones is 4. The van der Waals surface area contributed by atoms with Gasteiger partial charge < -0.3 is 20.1 Å². The summed E-state index contributed by atoms with van der Waals surface area (Å²) in [5, 5.41) is 4.74. The fourth-order valence-electron chi connectivity index (χ4n) is 4.07. The molecule has 0 aromatic heterocycles. The van der Waals surface area contributed by atoms with Gasteiger partial charge in [0.15, 0.2) is 35.0 Å². The minimum Gasteiger partial charge on any atom is -0.379 e. The molecule has 0 spiro atoms. The first-order valence-electron chi connectivity index (χ1n) is 12.0. The summed E-state index contributed by atoms with van der Waals surface area (Å²) in [6.45, 7) is -0.486. The summed E-state index contributed by atoms with van der Waals surface area (Å²) >= 11 is 0. The Morgan fingerprint density at radius 3 is 1.20 bits per heavy atom. The third-order valence-electron chi connectivity index (χ3n) is 6.08. The maximum absolute atomic E-state index is 12.9. The summed E-state index contributed by atoms with van der Waals surface area (Å²) in [7, 11) is -6.42. The standard InChI is InChI=1S/C24H28N2O12S2/c1-39(33,34)9-7-37-5-3-25-23(31)17-19(27)13-11-15-16(12-14(13)20(17)28)22(30)18(21(15)29)24(32)26-4-6-38-8-10-40(2,35)36/h11-12,17-18H,3-10H2,1-2H3,(H,25,31)(H,26,32). The molecule has 0 aliphatic heterocycles. The van der Waals surface area contributed by atoms with Crippen molar-refractivity contribution in [2.24, 2.45) is 11.8 Å². The van der Waals surface area contributed by atoms with E-state index >= 15 is 0 Å². The van der Waals surface area contributed by atoms with Crippen molar-refractivity contribution in [3.8, 4) is 0 Å². The highest BCUT2D eigenvalue weighted by Gasteiger charge is 2.48. The number of ether oxygens (including phenoxy) is 2. The topological polar surface area (TPSA) is 213 Å². The SMILES string of the molecule is CS(=O)(=O)CCOCCNC(=O)C1C(=O)c2cc3c(cc2C1=O)C(=O)C(C(=O)NCCOCCS(C)(=O)=O)C3=O. The van der Waals surface area contributed by atoms with E-state index in [1.165, 1.54) is 0 Å². The fourth-order valence-corrected chi connectivity index (χ4v) is 4.91. The summed E-state index contributed by atoms with van der Waals surface area (Å²) < 4.78 is 54.5. The van der Waals surface area contributed by atoms with E-state index in [0.717, 1.165) is 24.6 Å². The number of hydrogen-bond donors (Lipinski definition) is 2. The molecule has 0 unspecified atom stereocenters. The molecule has 40 heavy (non-hydrogen) atoms. The molecule has 0 fully saturated rings. The zero-order chi connectivity index (χ0) is 29.8. The predicted octanol–water partition coefficient (Wildman–Crippen LogP) is -1.97. The van der Waals surface area contributed by atoms with Crippen molar-refractivity contribution in [2.75, 3.05) is 63.5 Å². The monoisotopic (exact) mass is 600 g/mol. The van der Waals surface area contributed by atoms with Crippen molar-refractivity contribution in [3.63, 3.8) is 0 Å². The Morgan fingerprint density at radius 1 is 0.625 bits per heavy atom. The van der Waals surface area contributed by atoms with Gasteiger partial charge >= 0.3 is 0 Å². The van der Waals surface area contributed by atoms with Gasteiger partial charge in [0.25, 0.3) is 0 Å². The van der Waals surface area contributed by atoms with Crippen molar-refractivity contribution >= 4 is 54.6 Å². The van der Waals surface area contributed by atoms with Gasteiger partial charge in [-0.2, -0.15) is 0 Å². The van der Waals surface area contributed by atoms with Crippen molar-refractivity contribution in [1.29, 1.82) is 0 Å². The van der Waals surface area contributed by atoms with E-state index in [2.05, 4.69) is 10.6 Å². The molecule has 1 aromatic carbocycles. The van der Waals surface area contributed by atoms with E-state index in [0.29, 0.717) is 0 Å². The first-order valence-corrected chi connectivity index (χ1v) is 16.2. The van der Waals surface area contributed by atoms with Crippen LogP contribution in [0.1, 0.15) is 41.4 Å². The number of nitrogens with one attached hydrogen (secondary N) is 2. The predicted molar refractivity (Wildman–Crippen MR) is 138 cm³/mol. The van der Waals surface area contributed by atoms with E-state index in [9.17, 15) is 45.6 Å². The highest BCUT2D eigenvalue weighted by Crippen LogP contribution is 2.35. The molecule has 2 aliphatic rings. The van der Waals surface area contributed by atoms with Crippen LogP contribution in [0.25, 0.3) is 0 Å². The molecular weight excluding hydrogens is 572 g/mol. The molecule has 14 nitrogen and oxygen atoms in total. The van der Waals surface area contributed by atoms with Gasteiger partial charge in [-0.25, -0.2) is 16.8 Å². The summed E-state index contributed by atoms with van der Waals surface area (Å²) in [6, 6.07) is 2.10. The Kier molecular flexibility index (Phi) is 9.71. The fraction of sp³-hybridized carbons (Fsp3) is 0.500. The van der Waals surface area contributed by atoms with Crippen molar-refractivity contribution in [2.45, 2.75) is 0 Å². The molecule has 0 bridgehead atoms. The van der Waals surface area contributed by atoms with Gasteiger partial charge in [0, 0.05) is 47.9 Å². The maximum atomic E-state index is 12.9. The van der Waals surface area contributed by atoms with Gasteiger partial charge in [-0.05, 0) is 12.1 Å². The summed E-state index contributed by atoms with van der Waals surface area (Å²) in [5.41, 5.74) is -0.853. The van der Waals surface area contributed by atoms with E-state index in [1.54, 1.807) is 0 Å². The van der Waals surface area contributed by atoms with E-state index in [-0.39, 0.29) is 73.3 Å². The van der Waals surface area contributed by atoms with E-state index < -0.39 is 66.5 Å². The third-order valence-corrected chi connectivity index (χ3v) is 7.90. The minimum absolute atomic E-state index is 0.0587. The molecule has 2 aliphatic carbocycles.